The van der Waals surface area contributed by atoms with Gasteiger partial charge in [-0.15, -0.1) is 0 Å². The first kappa shape index (κ1) is 33.5. The van der Waals surface area contributed by atoms with Gasteiger partial charge in [0.1, 0.15) is 29.0 Å². The van der Waals surface area contributed by atoms with Crippen molar-refractivity contribution >= 4 is 39.7 Å². The summed E-state index contributed by atoms with van der Waals surface area (Å²) in [6, 6.07) is 23.2. The van der Waals surface area contributed by atoms with Gasteiger partial charge in [0.2, 0.25) is 11.7 Å². The van der Waals surface area contributed by atoms with Crippen LogP contribution in [0.3, 0.4) is 0 Å². The van der Waals surface area contributed by atoms with Crippen LogP contribution in [0, 0.1) is 0 Å². The number of carbonyl (C=O) groups excluding carboxylic acids is 3. The summed E-state index contributed by atoms with van der Waals surface area (Å²) < 4.78 is 23.2. The van der Waals surface area contributed by atoms with E-state index in [0.29, 0.717) is 54.7 Å². The van der Waals surface area contributed by atoms with Crippen LogP contribution < -0.4 is 15.4 Å². The zero-order valence-electron chi connectivity index (χ0n) is 28.0. The molecule has 0 bridgehead atoms. The van der Waals surface area contributed by atoms with Crippen LogP contribution in [0.5, 0.6) is 5.75 Å². The van der Waals surface area contributed by atoms with E-state index in [0.717, 1.165) is 63.1 Å². The third-order valence-corrected chi connectivity index (χ3v) is 9.68. The Kier molecular flexibility index (Phi) is 10.2. The number of morpholine rings is 1. The van der Waals surface area contributed by atoms with E-state index in [1.54, 1.807) is 24.3 Å². The lowest BCUT2D eigenvalue weighted by atomic mass is 9.80. The zero-order chi connectivity index (χ0) is 34.3. The fourth-order valence-corrected chi connectivity index (χ4v) is 6.83. The Morgan fingerprint density at radius 3 is 2.46 bits per heavy atom. The predicted octanol–water partition coefficient (Wildman–Crippen LogP) is 5.72. The number of Topliss-reactive ketones (excluding diaryl/α,β-unsaturated/α-hetero) is 1. The van der Waals surface area contributed by atoms with Gasteiger partial charge < -0.3 is 28.9 Å². The Hall–Kier alpha value is -5.00. The van der Waals surface area contributed by atoms with Gasteiger partial charge >= 0.3 is 0 Å². The Bertz CT molecular complexity index is 1910. The van der Waals surface area contributed by atoms with Crippen molar-refractivity contribution in [1.29, 1.82) is 0 Å². The van der Waals surface area contributed by atoms with Gasteiger partial charge in [0, 0.05) is 25.0 Å². The van der Waals surface area contributed by atoms with Crippen LogP contribution in [0.1, 0.15) is 65.3 Å². The number of para-hydroxylation sites is 2. The number of nitrogens with one attached hydrogen (secondary N) is 2. The van der Waals surface area contributed by atoms with Gasteiger partial charge in [0.05, 0.1) is 19.3 Å². The normalized spacial score (nSPS) is 17.0. The molecule has 260 valence electrons. The number of furan rings is 1. The number of oxazole rings is 1. The average Bonchev–Trinajstić information content (AvgIpc) is 3.79. The quantitative estimate of drug-likeness (QED) is 0.150. The van der Waals surface area contributed by atoms with Gasteiger partial charge in [0.25, 0.3) is 11.8 Å². The smallest absolute Gasteiger partial charge is 0.287 e. The van der Waals surface area contributed by atoms with Crippen LogP contribution in [0.2, 0.25) is 0 Å². The molecule has 2 aromatic heterocycles. The van der Waals surface area contributed by atoms with Crippen LogP contribution in [0.25, 0.3) is 22.1 Å². The summed E-state index contributed by atoms with van der Waals surface area (Å²) in [6.45, 7) is 4.60. The van der Waals surface area contributed by atoms with E-state index in [1.807, 2.05) is 54.6 Å². The van der Waals surface area contributed by atoms with Gasteiger partial charge in [-0.05, 0) is 67.6 Å². The van der Waals surface area contributed by atoms with Crippen molar-refractivity contribution < 1.29 is 32.7 Å². The highest BCUT2D eigenvalue weighted by molar-refractivity contribution is 6.03. The van der Waals surface area contributed by atoms with Crippen LogP contribution in [0.15, 0.2) is 87.7 Å². The molecule has 1 saturated heterocycles. The summed E-state index contributed by atoms with van der Waals surface area (Å²) in [6.07, 6.45) is 4.22. The molecule has 2 aliphatic rings. The third kappa shape index (κ3) is 7.74. The van der Waals surface area contributed by atoms with E-state index in [1.165, 1.54) is 0 Å². The Labute approximate surface area is 290 Å². The summed E-state index contributed by atoms with van der Waals surface area (Å²) in [5.74, 6) is -0.571. The predicted molar refractivity (Wildman–Crippen MR) is 187 cm³/mol. The molecule has 5 aromatic rings. The van der Waals surface area contributed by atoms with Crippen LogP contribution in [-0.4, -0.2) is 78.5 Å². The standard InChI is InChI=1S/C39H42N4O7/c44-35(37-40-30-11-5-6-12-33(30)50-37)31(15-13-27-9-3-1-4-10-27)41-38(46)39(17-7-2-8-18-39)42-36(45)34-26-28-25-29(14-16-32(28)49-34)48-24-21-43-19-22-47-23-20-43/h1,3-6,9-12,14,16,25-26,31H,2,7-8,13,15,17-24H2,(H,41,46)(H,42,45)/t31-/m0/s1. The second-order valence-electron chi connectivity index (χ2n) is 13.1. The van der Waals surface area contributed by atoms with Gasteiger partial charge in [-0.25, -0.2) is 4.98 Å². The molecule has 11 heteroatoms. The topological polar surface area (TPSA) is 136 Å². The molecule has 1 aliphatic heterocycles. The number of aromatic nitrogens is 1. The molecular formula is C39H42N4O7. The highest BCUT2D eigenvalue weighted by Crippen LogP contribution is 2.31. The van der Waals surface area contributed by atoms with Crippen LogP contribution >= 0.6 is 0 Å². The molecule has 0 unspecified atom stereocenters. The molecule has 1 aliphatic carbocycles. The van der Waals surface area contributed by atoms with Crippen molar-refractivity contribution in [3.63, 3.8) is 0 Å². The largest absolute Gasteiger partial charge is 0.492 e. The summed E-state index contributed by atoms with van der Waals surface area (Å²) in [4.78, 5) is 48.6. The summed E-state index contributed by atoms with van der Waals surface area (Å²) in [7, 11) is 0. The van der Waals surface area contributed by atoms with Crippen molar-refractivity contribution in [2.75, 3.05) is 39.5 Å². The average molecular weight is 679 g/mol. The number of rotatable bonds is 13. The zero-order valence-corrected chi connectivity index (χ0v) is 28.0. The molecule has 1 saturated carbocycles. The Morgan fingerprint density at radius 2 is 1.66 bits per heavy atom. The highest BCUT2D eigenvalue weighted by Gasteiger charge is 2.43. The maximum absolute atomic E-state index is 14.3. The van der Waals surface area contributed by atoms with E-state index in [2.05, 4.69) is 20.5 Å². The number of fused-ring (bicyclic) bond motifs is 2. The molecule has 50 heavy (non-hydrogen) atoms. The SMILES string of the molecule is O=C(NC1(C(=O)N[C@@H](CCc2ccccc2)C(=O)c2nc3ccccc3o2)CCCCC1)c1cc2cc(OCCN3CCOCC3)ccc2o1. The fraction of sp³-hybridized carbons (Fsp3) is 0.385. The van der Waals surface area contributed by atoms with Gasteiger partial charge in [-0.1, -0.05) is 61.7 Å². The molecule has 3 heterocycles. The first-order valence-electron chi connectivity index (χ1n) is 17.5. The summed E-state index contributed by atoms with van der Waals surface area (Å²) in [5.41, 5.74) is 1.43. The van der Waals surface area contributed by atoms with Crippen LogP contribution in [-0.2, 0) is 16.0 Å². The number of hydrogen-bond acceptors (Lipinski definition) is 9. The van der Waals surface area contributed by atoms with Crippen molar-refractivity contribution in [3.8, 4) is 5.75 Å². The molecule has 1 atom stereocenters. The number of ether oxygens (including phenoxy) is 2. The van der Waals surface area contributed by atoms with Crippen molar-refractivity contribution in [2.45, 2.75) is 56.5 Å². The Balaban J connectivity index is 1.06. The first-order valence-corrected chi connectivity index (χ1v) is 17.5. The molecule has 3 aromatic carbocycles. The number of nitrogens with zero attached hydrogens (tertiary/aromatic N) is 2. The molecule has 2 amide bonds. The number of amides is 2. The Morgan fingerprint density at radius 1 is 0.880 bits per heavy atom. The minimum atomic E-state index is -1.21. The monoisotopic (exact) mass is 678 g/mol. The third-order valence-electron chi connectivity index (χ3n) is 9.68. The minimum Gasteiger partial charge on any atom is -0.492 e. The van der Waals surface area contributed by atoms with Crippen molar-refractivity contribution in [1.82, 2.24) is 20.5 Å². The molecule has 11 nitrogen and oxygen atoms in total. The second-order valence-corrected chi connectivity index (χ2v) is 13.1. The number of ketones is 1. The van der Waals surface area contributed by atoms with Gasteiger partial charge in [-0.3, -0.25) is 19.3 Å². The van der Waals surface area contributed by atoms with E-state index < -0.39 is 29.2 Å². The number of aryl methyl sites for hydroxylation is 1. The van der Waals surface area contributed by atoms with Crippen molar-refractivity contribution in [2.24, 2.45) is 0 Å². The maximum Gasteiger partial charge on any atom is 0.287 e. The minimum absolute atomic E-state index is 0.0574. The van der Waals surface area contributed by atoms with Gasteiger partial charge in [0.15, 0.2) is 11.3 Å². The number of benzene rings is 3. The van der Waals surface area contributed by atoms with Crippen molar-refractivity contribution in [3.05, 3.63) is 96.1 Å². The summed E-state index contributed by atoms with van der Waals surface area (Å²) in [5, 5.41) is 6.77. The lowest BCUT2D eigenvalue weighted by Crippen LogP contribution is -2.62. The lowest BCUT2D eigenvalue weighted by Gasteiger charge is -2.37. The second kappa shape index (κ2) is 15.3. The fourth-order valence-electron chi connectivity index (χ4n) is 6.83. The van der Waals surface area contributed by atoms with E-state index in [-0.39, 0.29) is 11.7 Å². The number of hydrogen-bond donors (Lipinski definition) is 2. The molecule has 2 fully saturated rings. The molecule has 7 rings (SSSR count). The highest BCUT2D eigenvalue weighted by atomic mass is 16.5. The maximum atomic E-state index is 14.3. The number of carbonyl (C=O) groups is 3. The molecule has 2 N–H and O–H groups in total. The molecule has 0 spiro atoms. The summed E-state index contributed by atoms with van der Waals surface area (Å²) >= 11 is 0. The van der Waals surface area contributed by atoms with E-state index in [9.17, 15) is 14.4 Å². The molecular weight excluding hydrogens is 636 g/mol. The van der Waals surface area contributed by atoms with E-state index >= 15 is 0 Å². The van der Waals surface area contributed by atoms with Crippen LogP contribution in [0.4, 0.5) is 0 Å². The van der Waals surface area contributed by atoms with Gasteiger partial charge in [-0.2, -0.15) is 0 Å². The lowest BCUT2D eigenvalue weighted by molar-refractivity contribution is -0.129. The first-order chi connectivity index (χ1) is 24.5. The molecule has 0 radical (unpaired) electrons. The van der Waals surface area contributed by atoms with E-state index in [4.69, 9.17) is 18.3 Å².